The van der Waals surface area contributed by atoms with Gasteiger partial charge >= 0.3 is 0 Å². The van der Waals surface area contributed by atoms with Gasteiger partial charge in [0.15, 0.2) is 5.78 Å². The van der Waals surface area contributed by atoms with E-state index in [9.17, 15) is 4.79 Å². The molecule has 3 heteroatoms. The first-order valence-electron chi connectivity index (χ1n) is 5.29. The minimum Gasteiger partial charge on any atom is -0.340 e. The molecule has 82 valence electrons. The summed E-state index contributed by atoms with van der Waals surface area (Å²) in [7, 11) is 0. The Morgan fingerprint density at radius 3 is 2.47 bits per heavy atom. The van der Waals surface area contributed by atoms with Crippen molar-refractivity contribution in [3.8, 4) is 0 Å². The van der Waals surface area contributed by atoms with Crippen LogP contribution in [0.5, 0.6) is 0 Å². The maximum atomic E-state index is 11.3. The summed E-state index contributed by atoms with van der Waals surface area (Å²) in [6.07, 6.45) is 6.18. The smallest absolute Gasteiger partial charge is 0.209 e. The van der Waals surface area contributed by atoms with Gasteiger partial charge in [-0.05, 0) is 51.0 Å². The molecule has 0 aromatic rings. The van der Waals surface area contributed by atoms with Crippen molar-refractivity contribution in [2.75, 3.05) is 0 Å². The van der Waals surface area contributed by atoms with Gasteiger partial charge in [0.25, 0.3) is 0 Å². The summed E-state index contributed by atoms with van der Waals surface area (Å²) in [4.78, 5) is 11.3. The van der Waals surface area contributed by atoms with Gasteiger partial charge in [-0.1, -0.05) is 0 Å². The SMILES string of the molecule is CC1=CC2(C=CC1=O)OC(C)CC(C)O2. The van der Waals surface area contributed by atoms with E-state index in [1.54, 1.807) is 19.1 Å². The fourth-order valence-corrected chi connectivity index (χ4v) is 2.11. The second-order valence-electron chi connectivity index (χ2n) is 4.34. The minimum atomic E-state index is -0.810. The molecule has 1 spiro atoms. The molecule has 2 unspecified atom stereocenters. The van der Waals surface area contributed by atoms with Gasteiger partial charge in [-0.2, -0.15) is 0 Å². The maximum Gasteiger partial charge on any atom is 0.209 e. The summed E-state index contributed by atoms with van der Waals surface area (Å²) in [6.45, 7) is 5.83. The largest absolute Gasteiger partial charge is 0.340 e. The molecule has 0 aromatic carbocycles. The van der Waals surface area contributed by atoms with E-state index in [0.717, 1.165) is 6.42 Å². The maximum absolute atomic E-state index is 11.3. The quantitative estimate of drug-likeness (QED) is 0.610. The molecule has 0 N–H and O–H groups in total. The molecule has 1 aliphatic heterocycles. The van der Waals surface area contributed by atoms with Crippen LogP contribution in [0.15, 0.2) is 23.8 Å². The van der Waals surface area contributed by atoms with Gasteiger partial charge in [-0.25, -0.2) is 0 Å². The first-order chi connectivity index (χ1) is 7.01. The van der Waals surface area contributed by atoms with E-state index in [-0.39, 0.29) is 18.0 Å². The lowest BCUT2D eigenvalue weighted by Gasteiger charge is -2.40. The van der Waals surface area contributed by atoms with Crippen LogP contribution in [-0.4, -0.2) is 23.8 Å². The summed E-state index contributed by atoms with van der Waals surface area (Å²) >= 11 is 0. The first kappa shape index (κ1) is 10.6. The highest BCUT2D eigenvalue weighted by molar-refractivity contribution is 6.04. The Kier molecular flexibility index (Phi) is 2.52. The van der Waals surface area contributed by atoms with E-state index < -0.39 is 5.79 Å². The Bertz CT molecular complexity index is 331. The second kappa shape index (κ2) is 3.58. The second-order valence-corrected chi connectivity index (χ2v) is 4.34. The molecule has 2 rings (SSSR count). The third-order valence-electron chi connectivity index (χ3n) is 2.71. The van der Waals surface area contributed by atoms with Crippen molar-refractivity contribution in [1.29, 1.82) is 0 Å². The monoisotopic (exact) mass is 208 g/mol. The Labute approximate surface area is 89.8 Å². The van der Waals surface area contributed by atoms with Crippen LogP contribution in [0.2, 0.25) is 0 Å². The molecule has 2 atom stereocenters. The molecule has 0 saturated carbocycles. The van der Waals surface area contributed by atoms with Crippen molar-refractivity contribution >= 4 is 5.78 Å². The van der Waals surface area contributed by atoms with Crippen LogP contribution in [0.4, 0.5) is 0 Å². The lowest BCUT2D eigenvalue weighted by atomic mass is 9.99. The molecule has 0 radical (unpaired) electrons. The normalized spacial score (nSPS) is 40.7. The topological polar surface area (TPSA) is 35.5 Å². The number of rotatable bonds is 0. The number of carbonyl (C=O) groups is 1. The highest BCUT2D eigenvalue weighted by Crippen LogP contribution is 2.32. The number of ether oxygens (including phenoxy) is 2. The van der Waals surface area contributed by atoms with Gasteiger partial charge in [0, 0.05) is 0 Å². The molecule has 0 amide bonds. The molecule has 0 bridgehead atoms. The molecule has 2 aliphatic rings. The summed E-state index contributed by atoms with van der Waals surface area (Å²) in [5.74, 6) is -0.784. The molecule has 3 nitrogen and oxygen atoms in total. The van der Waals surface area contributed by atoms with Crippen LogP contribution in [0, 0.1) is 0 Å². The zero-order valence-corrected chi connectivity index (χ0v) is 9.32. The summed E-state index contributed by atoms with van der Waals surface area (Å²) in [6, 6.07) is 0. The van der Waals surface area contributed by atoms with Crippen LogP contribution >= 0.6 is 0 Å². The van der Waals surface area contributed by atoms with Gasteiger partial charge < -0.3 is 9.47 Å². The lowest BCUT2D eigenvalue weighted by molar-refractivity contribution is -0.259. The van der Waals surface area contributed by atoms with Crippen molar-refractivity contribution in [3.63, 3.8) is 0 Å². The van der Waals surface area contributed by atoms with Crippen molar-refractivity contribution in [2.45, 2.75) is 45.2 Å². The van der Waals surface area contributed by atoms with Gasteiger partial charge in [0.05, 0.1) is 12.2 Å². The van der Waals surface area contributed by atoms with E-state index in [4.69, 9.17) is 9.47 Å². The molecule has 1 fully saturated rings. The lowest BCUT2D eigenvalue weighted by Crippen LogP contribution is -2.45. The number of allylic oxidation sites excluding steroid dienone is 2. The van der Waals surface area contributed by atoms with E-state index in [2.05, 4.69) is 0 Å². The highest BCUT2D eigenvalue weighted by atomic mass is 16.7. The highest BCUT2D eigenvalue weighted by Gasteiger charge is 2.38. The Hall–Kier alpha value is -0.930. The summed E-state index contributed by atoms with van der Waals surface area (Å²) in [5.41, 5.74) is 0.679. The summed E-state index contributed by atoms with van der Waals surface area (Å²) < 4.78 is 11.5. The van der Waals surface area contributed by atoms with Gasteiger partial charge in [-0.3, -0.25) is 4.79 Å². The predicted molar refractivity (Wildman–Crippen MR) is 56.3 cm³/mol. The zero-order valence-electron chi connectivity index (χ0n) is 9.32. The summed E-state index contributed by atoms with van der Waals surface area (Å²) in [5, 5.41) is 0. The number of ketones is 1. The van der Waals surface area contributed by atoms with Gasteiger partial charge in [0.1, 0.15) is 0 Å². The number of hydrogen-bond acceptors (Lipinski definition) is 3. The molecule has 0 aromatic heterocycles. The Balaban J connectivity index is 2.27. The van der Waals surface area contributed by atoms with Crippen LogP contribution < -0.4 is 0 Å². The average Bonchev–Trinajstić information content (AvgIpc) is 2.10. The van der Waals surface area contributed by atoms with Crippen molar-refractivity contribution in [2.24, 2.45) is 0 Å². The molecule has 1 saturated heterocycles. The van der Waals surface area contributed by atoms with E-state index in [0.29, 0.717) is 5.57 Å². The molecule has 1 heterocycles. The molecule has 1 aliphatic carbocycles. The van der Waals surface area contributed by atoms with Gasteiger partial charge in [0.2, 0.25) is 5.79 Å². The number of hydrogen-bond donors (Lipinski definition) is 0. The van der Waals surface area contributed by atoms with Crippen LogP contribution in [0.1, 0.15) is 27.2 Å². The minimum absolute atomic E-state index is 0.0266. The first-order valence-corrected chi connectivity index (χ1v) is 5.29. The van der Waals surface area contributed by atoms with Gasteiger partial charge in [-0.15, -0.1) is 0 Å². The molecule has 15 heavy (non-hydrogen) atoms. The zero-order chi connectivity index (χ0) is 11.1. The third-order valence-corrected chi connectivity index (χ3v) is 2.71. The van der Waals surface area contributed by atoms with E-state index in [1.165, 1.54) is 6.08 Å². The standard InChI is InChI=1S/C12H16O3/c1-8-7-12(5-4-11(8)13)14-9(2)6-10(3)15-12/h4-5,7,9-10H,6H2,1-3H3. The Morgan fingerprint density at radius 2 is 1.93 bits per heavy atom. The number of carbonyl (C=O) groups excluding carboxylic acids is 1. The Morgan fingerprint density at radius 1 is 1.33 bits per heavy atom. The van der Waals surface area contributed by atoms with E-state index in [1.807, 2.05) is 13.8 Å². The van der Waals surface area contributed by atoms with Crippen LogP contribution in [-0.2, 0) is 14.3 Å². The fraction of sp³-hybridized carbons (Fsp3) is 0.583. The average molecular weight is 208 g/mol. The third kappa shape index (κ3) is 2.03. The van der Waals surface area contributed by atoms with Crippen molar-refractivity contribution in [3.05, 3.63) is 23.8 Å². The van der Waals surface area contributed by atoms with Crippen molar-refractivity contribution in [1.82, 2.24) is 0 Å². The fourth-order valence-electron chi connectivity index (χ4n) is 2.11. The van der Waals surface area contributed by atoms with E-state index >= 15 is 0 Å². The van der Waals surface area contributed by atoms with Crippen molar-refractivity contribution < 1.29 is 14.3 Å². The molecular weight excluding hydrogens is 192 g/mol. The van der Waals surface area contributed by atoms with Crippen LogP contribution in [0.3, 0.4) is 0 Å². The van der Waals surface area contributed by atoms with Crippen LogP contribution in [0.25, 0.3) is 0 Å². The molecular formula is C12H16O3. The predicted octanol–water partition coefficient (Wildman–Crippen LogP) is 1.98.